The molecule has 2 rings (SSSR count). The Balaban J connectivity index is 0.00000200. The predicted molar refractivity (Wildman–Crippen MR) is 81.3 cm³/mol. The standard InChI is InChI=1S/C16H25NO2.H3N/c1-11(14-5-3-4-6-15(14)17)12-7-9-13(10-8-12)16(18)19-2;/h12-14,17H,1,3-10H2,2H3;1H3. The first-order valence-electron chi connectivity index (χ1n) is 7.47. The maximum Gasteiger partial charge on any atom is 0.308 e. The van der Waals surface area contributed by atoms with Crippen LogP contribution in [0.3, 0.4) is 0 Å². The lowest BCUT2D eigenvalue weighted by Crippen LogP contribution is -2.28. The van der Waals surface area contributed by atoms with Gasteiger partial charge in [0.25, 0.3) is 0 Å². The van der Waals surface area contributed by atoms with Crippen LogP contribution >= 0.6 is 0 Å². The summed E-state index contributed by atoms with van der Waals surface area (Å²) in [5.41, 5.74) is 2.14. The SMILES string of the molecule is C=C(C1CCC(C(=O)OC)CC1)C1CCCCC1=N.N. The molecular weight excluding hydrogens is 252 g/mol. The van der Waals surface area contributed by atoms with Crippen molar-refractivity contribution in [3.8, 4) is 0 Å². The molecule has 4 heteroatoms. The maximum absolute atomic E-state index is 11.5. The molecule has 2 aliphatic rings. The van der Waals surface area contributed by atoms with E-state index in [1.807, 2.05) is 0 Å². The molecule has 0 aliphatic heterocycles. The van der Waals surface area contributed by atoms with Crippen LogP contribution in [0.15, 0.2) is 12.2 Å². The van der Waals surface area contributed by atoms with E-state index in [-0.39, 0.29) is 18.0 Å². The summed E-state index contributed by atoms with van der Waals surface area (Å²) >= 11 is 0. The van der Waals surface area contributed by atoms with Crippen LogP contribution in [0.25, 0.3) is 0 Å². The van der Waals surface area contributed by atoms with Gasteiger partial charge in [0.05, 0.1) is 13.0 Å². The van der Waals surface area contributed by atoms with E-state index >= 15 is 0 Å². The third-order valence-electron chi connectivity index (χ3n) is 4.84. The summed E-state index contributed by atoms with van der Waals surface area (Å²) in [5.74, 6) is 0.840. The van der Waals surface area contributed by atoms with Crippen LogP contribution in [0.1, 0.15) is 51.4 Å². The predicted octanol–water partition coefficient (Wildman–Crippen LogP) is 3.89. The summed E-state index contributed by atoms with van der Waals surface area (Å²) in [7, 11) is 1.47. The molecule has 114 valence electrons. The number of allylic oxidation sites excluding steroid dienone is 1. The lowest BCUT2D eigenvalue weighted by Gasteiger charge is -2.34. The minimum Gasteiger partial charge on any atom is -0.469 e. The maximum atomic E-state index is 11.5. The number of hydrogen-bond donors (Lipinski definition) is 2. The first kappa shape index (κ1) is 16.9. The minimum absolute atomic E-state index is 0. The summed E-state index contributed by atoms with van der Waals surface area (Å²) in [4.78, 5) is 11.5. The van der Waals surface area contributed by atoms with Crippen LogP contribution in [0.2, 0.25) is 0 Å². The molecule has 0 bridgehead atoms. The molecule has 2 fully saturated rings. The molecule has 1 atom stereocenters. The number of hydrogen-bond acceptors (Lipinski definition) is 4. The van der Waals surface area contributed by atoms with Gasteiger partial charge in [0.15, 0.2) is 0 Å². The number of nitrogens with one attached hydrogen (secondary N) is 1. The van der Waals surface area contributed by atoms with Gasteiger partial charge in [-0.1, -0.05) is 18.6 Å². The number of carbonyl (C=O) groups excluding carboxylic acids is 1. The molecule has 4 N–H and O–H groups in total. The van der Waals surface area contributed by atoms with Crippen molar-refractivity contribution in [1.82, 2.24) is 6.15 Å². The Morgan fingerprint density at radius 2 is 1.75 bits per heavy atom. The monoisotopic (exact) mass is 280 g/mol. The number of ether oxygens (including phenoxy) is 1. The zero-order chi connectivity index (χ0) is 13.8. The van der Waals surface area contributed by atoms with Crippen LogP contribution in [-0.4, -0.2) is 18.8 Å². The quantitative estimate of drug-likeness (QED) is 0.607. The largest absolute Gasteiger partial charge is 0.469 e. The molecule has 1 unspecified atom stereocenters. The van der Waals surface area contributed by atoms with Crippen LogP contribution < -0.4 is 6.15 Å². The van der Waals surface area contributed by atoms with Crippen LogP contribution in [-0.2, 0) is 9.53 Å². The fraction of sp³-hybridized carbons (Fsp3) is 0.750. The zero-order valence-electron chi connectivity index (χ0n) is 12.6. The fourth-order valence-electron chi connectivity index (χ4n) is 3.57. The van der Waals surface area contributed by atoms with Crippen molar-refractivity contribution in [1.29, 1.82) is 5.41 Å². The van der Waals surface area contributed by atoms with E-state index in [1.54, 1.807) is 0 Å². The van der Waals surface area contributed by atoms with Gasteiger partial charge in [-0.3, -0.25) is 4.79 Å². The highest BCUT2D eigenvalue weighted by Gasteiger charge is 2.32. The Kier molecular flexibility index (Phi) is 6.40. The van der Waals surface area contributed by atoms with Crippen LogP contribution in [0, 0.1) is 23.2 Å². The molecule has 0 aromatic heterocycles. The molecule has 0 amide bonds. The van der Waals surface area contributed by atoms with Gasteiger partial charge < -0.3 is 16.3 Å². The number of methoxy groups -OCH3 is 1. The average molecular weight is 280 g/mol. The number of rotatable bonds is 3. The summed E-state index contributed by atoms with van der Waals surface area (Å²) in [6, 6.07) is 0. The minimum atomic E-state index is -0.0607. The summed E-state index contributed by atoms with van der Waals surface area (Å²) in [5, 5.41) is 8.10. The van der Waals surface area contributed by atoms with Gasteiger partial charge in [0.1, 0.15) is 0 Å². The van der Waals surface area contributed by atoms with E-state index in [0.29, 0.717) is 11.8 Å². The van der Waals surface area contributed by atoms with Crippen molar-refractivity contribution < 1.29 is 9.53 Å². The smallest absolute Gasteiger partial charge is 0.308 e. The lowest BCUT2D eigenvalue weighted by molar-refractivity contribution is -0.146. The van der Waals surface area contributed by atoms with Crippen LogP contribution in [0.5, 0.6) is 0 Å². The van der Waals surface area contributed by atoms with Gasteiger partial charge in [-0.2, -0.15) is 0 Å². The molecule has 0 aromatic rings. The normalized spacial score (nSPS) is 30.2. The Hall–Kier alpha value is -1.16. The topological polar surface area (TPSA) is 85.2 Å². The van der Waals surface area contributed by atoms with Crippen molar-refractivity contribution in [2.24, 2.45) is 17.8 Å². The van der Waals surface area contributed by atoms with Crippen LogP contribution in [0.4, 0.5) is 0 Å². The van der Waals surface area contributed by atoms with Gasteiger partial charge in [-0.05, 0) is 50.9 Å². The highest BCUT2D eigenvalue weighted by Crippen LogP contribution is 2.39. The van der Waals surface area contributed by atoms with Gasteiger partial charge in [-0.15, -0.1) is 0 Å². The van der Waals surface area contributed by atoms with Crippen molar-refractivity contribution in [2.45, 2.75) is 51.4 Å². The Bertz CT molecular complexity index is 371. The third-order valence-corrected chi connectivity index (χ3v) is 4.84. The van der Waals surface area contributed by atoms with E-state index in [2.05, 4.69) is 6.58 Å². The summed E-state index contributed by atoms with van der Waals surface area (Å²) in [6.45, 7) is 4.29. The van der Waals surface area contributed by atoms with Crippen molar-refractivity contribution in [3.63, 3.8) is 0 Å². The first-order valence-corrected chi connectivity index (χ1v) is 7.47. The Labute approximate surface area is 122 Å². The van der Waals surface area contributed by atoms with E-state index in [0.717, 1.165) is 50.7 Å². The number of carbonyl (C=O) groups is 1. The molecule has 2 aliphatic carbocycles. The van der Waals surface area contributed by atoms with Crippen molar-refractivity contribution >= 4 is 11.7 Å². The molecule has 0 aromatic carbocycles. The van der Waals surface area contributed by atoms with E-state index in [4.69, 9.17) is 10.1 Å². The van der Waals surface area contributed by atoms with Gasteiger partial charge >= 0.3 is 5.97 Å². The first-order chi connectivity index (χ1) is 9.13. The second-order valence-corrected chi connectivity index (χ2v) is 5.97. The molecular formula is C16H28N2O2. The van der Waals surface area contributed by atoms with Gasteiger partial charge in [0.2, 0.25) is 0 Å². The zero-order valence-corrected chi connectivity index (χ0v) is 12.6. The molecule has 4 nitrogen and oxygen atoms in total. The second kappa shape index (κ2) is 7.58. The van der Waals surface area contributed by atoms with E-state index < -0.39 is 0 Å². The van der Waals surface area contributed by atoms with Gasteiger partial charge in [0, 0.05) is 11.6 Å². The van der Waals surface area contributed by atoms with E-state index in [1.165, 1.54) is 19.1 Å². The molecule has 0 saturated heterocycles. The highest BCUT2D eigenvalue weighted by molar-refractivity contribution is 5.86. The average Bonchev–Trinajstić information content (AvgIpc) is 2.46. The van der Waals surface area contributed by atoms with E-state index in [9.17, 15) is 4.79 Å². The van der Waals surface area contributed by atoms with Crippen molar-refractivity contribution in [2.75, 3.05) is 7.11 Å². The third kappa shape index (κ3) is 3.69. The van der Waals surface area contributed by atoms with Crippen molar-refractivity contribution in [3.05, 3.63) is 12.2 Å². The lowest BCUT2D eigenvalue weighted by atomic mass is 9.71. The summed E-state index contributed by atoms with van der Waals surface area (Å²) < 4.78 is 4.82. The molecule has 20 heavy (non-hydrogen) atoms. The van der Waals surface area contributed by atoms with Gasteiger partial charge in [-0.25, -0.2) is 0 Å². The second-order valence-electron chi connectivity index (χ2n) is 5.97. The molecule has 2 saturated carbocycles. The fourth-order valence-corrected chi connectivity index (χ4v) is 3.57. The molecule has 0 radical (unpaired) electrons. The molecule has 0 spiro atoms. The Morgan fingerprint density at radius 1 is 1.15 bits per heavy atom. The highest BCUT2D eigenvalue weighted by atomic mass is 16.5. The summed E-state index contributed by atoms with van der Waals surface area (Å²) in [6.07, 6.45) is 8.33. The molecule has 0 heterocycles. The Morgan fingerprint density at radius 3 is 2.30 bits per heavy atom. The number of esters is 1.